The van der Waals surface area contributed by atoms with Gasteiger partial charge < -0.3 is 19.7 Å². The zero-order valence-corrected chi connectivity index (χ0v) is 12.5. The molecule has 108 valence electrons. The molecule has 0 atom stereocenters. The lowest BCUT2D eigenvalue weighted by Crippen LogP contribution is -2.09. The van der Waals surface area contributed by atoms with Crippen LogP contribution >= 0.6 is 0 Å². The van der Waals surface area contributed by atoms with Crippen molar-refractivity contribution in [1.29, 1.82) is 0 Å². The molecule has 0 aliphatic carbocycles. The molecule has 2 N–H and O–H groups in total. The van der Waals surface area contributed by atoms with E-state index in [-0.39, 0.29) is 0 Å². The minimum atomic E-state index is 0.774. The Morgan fingerprint density at radius 2 is 1.89 bits per heavy atom. The molecule has 0 amide bonds. The van der Waals surface area contributed by atoms with Gasteiger partial charge in [-0.1, -0.05) is 19.0 Å². The highest BCUT2D eigenvalue weighted by molar-refractivity contribution is 4.93. The van der Waals surface area contributed by atoms with Crippen LogP contribution in [0.2, 0.25) is 0 Å². The third kappa shape index (κ3) is 7.38. The van der Waals surface area contributed by atoms with Crippen LogP contribution in [0.3, 0.4) is 0 Å². The van der Waals surface area contributed by atoms with Crippen molar-refractivity contribution in [3.05, 3.63) is 36.2 Å². The SMILES string of the molecule is CC.CNCc1ccon1.CNCc1nccn1C. The monoisotopic (exact) mass is 267 g/mol. The number of aryl methyl sites for hydroxylation is 1. The second-order valence-electron chi connectivity index (χ2n) is 3.51. The van der Waals surface area contributed by atoms with E-state index < -0.39 is 0 Å². The zero-order valence-electron chi connectivity index (χ0n) is 12.5. The minimum Gasteiger partial charge on any atom is -0.364 e. The maximum atomic E-state index is 4.58. The van der Waals surface area contributed by atoms with Crippen molar-refractivity contribution < 1.29 is 4.52 Å². The summed E-state index contributed by atoms with van der Waals surface area (Å²) >= 11 is 0. The fraction of sp³-hybridized carbons (Fsp3) is 0.538. The molecule has 0 spiro atoms. The fourth-order valence-electron chi connectivity index (χ4n) is 1.23. The van der Waals surface area contributed by atoms with Crippen LogP contribution in [0.15, 0.2) is 29.2 Å². The molecule has 0 aliphatic heterocycles. The third-order valence-electron chi connectivity index (χ3n) is 2.10. The number of hydrogen-bond acceptors (Lipinski definition) is 5. The maximum absolute atomic E-state index is 4.58. The lowest BCUT2D eigenvalue weighted by Gasteiger charge is -1.97. The van der Waals surface area contributed by atoms with Gasteiger partial charge in [-0.15, -0.1) is 0 Å². The first-order valence-corrected chi connectivity index (χ1v) is 6.42. The summed E-state index contributed by atoms with van der Waals surface area (Å²) in [5, 5.41) is 9.64. The second-order valence-corrected chi connectivity index (χ2v) is 3.51. The average molecular weight is 267 g/mol. The molecular formula is C13H25N5O. The van der Waals surface area contributed by atoms with Crippen LogP contribution in [0.4, 0.5) is 0 Å². The molecule has 0 fully saturated rings. The average Bonchev–Trinajstić information content (AvgIpc) is 3.07. The summed E-state index contributed by atoms with van der Waals surface area (Å²) in [5.41, 5.74) is 0.938. The second kappa shape index (κ2) is 11.4. The summed E-state index contributed by atoms with van der Waals surface area (Å²) in [6.07, 6.45) is 5.30. The van der Waals surface area contributed by atoms with Gasteiger partial charge in [0.25, 0.3) is 0 Å². The molecule has 0 unspecified atom stereocenters. The van der Waals surface area contributed by atoms with Gasteiger partial charge in [-0.05, 0) is 14.1 Å². The van der Waals surface area contributed by atoms with Crippen molar-refractivity contribution in [3.63, 3.8) is 0 Å². The molecule has 0 aliphatic rings. The Kier molecular flexibility index (Phi) is 10.4. The molecule has 2 aromatic rings. The van der Waals surface area contributed by atoms with E-state index in [2.05, 4.69) is 25.3 Å². The largest absolute Gasteiger partial charge is 0.364 e. The van der Waals surface area contributed by atoms with E-state index >= 15 is 0 Å². The third-order valence-corrected chi connectivity index (χ3v) is 2.10. The molecule has 0 aromatic carbocycles. The van der Waals surface area contributed by atoms with Crippen LogP contribution in [-0.4, -0.2) is 28.8 Å². The molecule has 0 saturated heterocycles. The van der Waals surface area contributed by atoms with Gasteiger partial charge in [-0.25, -0.2) is 4.98 Å². The van der Waals surface area contributed by atoms with E-state index in [1.165, 1.54) is 0 Å². The number of nitrogens with one attached hydrogen (secondary N) is 2. The number of imidazole rings is 1. The molecule has 2 aromatic heterocycles. The van der Waals surface area contributed by atoms with Gasteiger partial charge in [0, 0.05) is 32.1 Å². The topological polar surface area (TPSA) is 67.9 Å². The Bertz CT molecular complexity index is 397. The number of aromatic nitrogens is 3. The predicted octanol–water partition coefficient (Wildman–Crippen LogP) is 1.56. The van der Waals surface area contributed by atoms with Gasteiger partial charge in [0.1, 0.15) is 12.1 Å². The van der Waals surface area contributed by atoms with Crippen molar-refractivity contribution in [2.24, 2.45) is 7.05 Å². The Morgan fingerprint density at radius 3 is 2.32 bits per heavy atom. The summed E-state index contributed by atoms with van der Waals surface area (Å²) in [7, 11) is 5.77. The molecular weight excluding hydrogens is 242 g/mol. The highest BCUT2D eigenvalue weighted by atomic mass is 16.5. The summed E-state index contributed by atoms with van der Waals surface area (Å²) < 4.78 is 6.57. The summed E-state index contributed by atoms with van der Waals surface area (Å²) in [4.78, 5) is 4.11. The van der Waals surface area contributed by atoms with Gasteiger partial charge in [-0.2, -0.15) is 0 Å². The molecule has 2 rings (SSSR count). The molecule has 2 heterocycles. The highest BCUT2D eigenvalue weighted by Gasteiger charge is 1.93. The summed E-state index contributed by atoms with van der Waals surface area (Å²) in [6.45, 7) is 5.61. The predicted molar refractivity (Wildman–Crippen MR) is 76.6 cm³/mol. The van der Waals surface area contributed by atoms with Crippen LogP contribution < -0.4 is 10.6 Å². The molecule has 0 bridgehead atoms. The van der Waals surface area contributed by atoms with Gasteiger partial charge >= 0.3 is 0 Å². The van der Waals surface area contributed by atoms with Crippen LogP contribution in [0.1, 0.15) is 25.4 Å². The van der Waals surface area contributed by atoms with Crippen molar-refractivity contribution in [2.45, 2.75) is 26.9 Å². The van der Waals surface area contributed by atoms with Gasteiger partial charge in [0.15, 0.2) is 0 Å². The first-order valence-electron chi connectivity index (χ1n) is 6.42. The summed E-state index contributed by atoms with van der Waals surface area (Å²) in [6, 6.07) is 1.83. The smallest absolute Gasteiger partial charge is 0.124 e. The summed E-state index contributed by atoms with van der Waals surface area (Å²) in [5.74, 6) is 1.07. The highest BCUT2D eigenvalue weighted by Crippen LogP contribution is 1.91. The maximum Gasteiger partial charge on any atom is 0.124 e. The van der Waals surface area contributed by atoms with Crippen LogP contribution in [0.5, 0.6) is 0 Å². The molecule has 6 nitrogen and oxygen atoms in total. The Morgan fingerprint density at radius 1 is 1.21 bits per heavy atom. The molecule has 19 heavy (non-hydrogen) atoms. The van der Waals surface area contributed by atoms with E-state index in [0.717, 1.165) is 24.6 Å². The Labute approximate surface area is 115 Å². The van der Waals surface area contributed by atoms with E-state index in [9.17, 15) is 0 Å². The van der Waals surface area contributed by atoms with E-state index in [0.29, 0.717) is 0 Å². The van der Waals surface area contributed by atoms with Gasteiger partial charge in [0.2, 0.25) is 0 Å². The van der Waals surface area contributed by atoms with Crippen LogP contribution in [0, 0.1) is 0 Å². The first kappa shape index (κ1) is 17.3. The van der Waals surface area contributed by atoms with Gasteiger partial charge in [-0.3, -0.25) is 0 Å². The minimum absolute atomic E-state index is 0.774. The van der Waals surface area contributed by atoms with Crippen molar-refractivity contribution >= 4 is 0 Å². The van der Waals surface area contributed by atoms with Crippen molar-refractivity contribution in [3.8, 4) is 0 Å². The van der Waals surface area contributed by atoms with E-state index in [1.807, 2.05) is 51.8 Å². The zero-order chi connectivity index (χ0) is 14.5. The van der Waals surface area contributed by atoms with E-state index in [4.69, 9.17) is 0 Å². The molecule has 0 radical (unpaired) electrons. The first-order chi connectivity index (χ1) is 9.27. The van der Waals surface area contributed by atoms with Crippen LogP contribution in [-0.2, 0) is 20.1 Å². The lowest BCUT2D eigenvalue weighted by molar-refractivity contribution is 0.410. The standard InChI is InChI=1S/C6H11N3.C5H8N2O.C2H6/c1-7-5-6-8-3-4-9(6)2;1-6-4-5-2-3-8-7-5;1-2/h3-4,7H,5H2,1-2H3;2-3,6H,4H2,1H3;1-2H3. The van der Waals surface area contributed by atoms with E-state index in [1.54, 1.807) is 12.5 Å². The van der Waals surface area contributed by atoms with Gasteiger partial charge in [0.05, 0.1) is 12.2 Å². The quantitative estimate of drug-likeness (QED) is 0.880. The fourth-order valence-corrected chi connectivity index (χ4v) is 1.23. The number of rotatable bonds is 4. The molecule has 0 saturated carbocycles. The number of hydrogen-bond donors (Lipinski definition) is 2. The molecule has 6 heteroatoms. The normalized spacial score (nSPS) is 9.11. The Hall–Kier alpha value is -1.66. The van der Waals surface area contributed by atoms with Crippen molar-refractivity contribution in [2.75, 3.05) is 14.1 Å². The lowest BCUT2D eigenvalue weighted by atomic mass is 10.4. The number of nitrogens with zero attached hydrogens (tertiary/aromatic N) is 3. The van der Waals surface area contributed by atoms with Crippen molar-refractivity contribution in [1.82, 2.24) is 25.3 Å². The Balaban J connectivity index is 0.000000303. The van der Waals surface area contributed by atoms with Crippen LogP contribution in [0.25, 0.3) is 0 Å².